The van der Waals surface area contributed by atoms with E-state index in [0.717, 1.165) is 11.1 Å². The summed E-state index contributed by atoms with van der Waals surface area (Å²) in [5.41, 5.74) is 2.03. The summed E-state index contributed by atoms with van der Waals surface area (Å²) in [7, 11) is -2.25. The van der Waals surface area contributed by atoms with Crippen molar-refractivity contribution in [2.75, 3.05) is 11.8 Å². The Morgan fingerprint density at radius 3 is 2.48 bits per heavy atom. The predicted molar refractivity (Wildman–Crippen MR) is 102 cm³/mol. The molecule has 0 aliphatic carbocycles. The van der Waals surface area contributed by atoms with Crippen molar-refractivity contribution >= 4 is 42.4 Å². The first-order chi connectivity index (χ1) is 11.9. The first-order valence-electron chi connectivity index (χ1n) is 7.16. The van der Waals surface area contributed by atoms with Gasteiger partial charge >= 0.3 is 0 Å². The standard InChI is InChI=1S/C16H14BrN3O3S2/c1-10-3-5-11(6-4-10)15-18-19-16(24-15)20-25(21,22)12-7-8-14(23-2)13(17)9-12/h3-9H,1-2H3,(H,19,20). The number of aryl methyl sites for hydroxylation is 1. The molecule has 0 saturated carbocycles. The number of aromatic nitrogens is 2. The van der Waals surface area contributed by atoms with Crippen LogP contribution >= 0.6 is 27.3 Å². The maximum absolute atomic E-state index is 12.5. The Kier molecular flexibility index (Phi) is 5.07. The van der Waals surface area contributed by atoms with Crippen LogP contribution in [-0.2, 0) is 10.0 Å². The molecular weight excluding hydrogens is 426 g/mol. The lowest BCUT2D eigenvalue weighted by molar-refractivity contribution is 0.411. The number of benzene rings is 2. The van der Waals surface area contributed by atoms with Gasteiger partial charge in [-0.05, 0) is 41.1 Å². The van der Waals surface area contributed by atoms with Crippen molar-refractivity contribution in [3.05, 3.63) is 52.5 Å². The monoisotopic (exact) mass is 439 g/mol. The van der Waals surface area contributed by atoms with Gasteiger partial charge < -0.3 is 4.74 Å². The molecule has 0 atom stereocenters. The third-order valence-corrected chi connectivity index (χ3v) is 6.35. The SMILES string of the molecule is COc1ccc(S(=O)(=O)Nc2nnc(-c3ccc(C)cc3)s2)cc1Br. The molecule has 0 saturated heterocycles. The normalized spacial score (nSPS) is 11.3. The fraction of sp³-hybridized carbons (Fsp3) is 0.125. The highest BCUT2D eigenvalue weighted by Gasteiger charge is 2.18. The maximum atomic E-state index is 12.5. The molecule has 0 aliphatic rings. The highest BCUT2D eigenvalue weighted by atomic mass is 79.9. The average Bonchev–Trinajstić information content (AvgIpc) is 3.03. The lowest BCUT2D eigenvalue weighted by Crippen LogP contribution is -2.12. The Bertz CT molecular complexity index is 1000. The summed E-state index contributed by atoms with van der Waals surface area (Å²) >= 11 is 4.46. The molecule has 6 nitrogen and oxygen atoms in total. The molecule has 0 unspecified atom stereocenters. The molecule has 0 aliphatic heterocycles. The smallest absolute Gasteiger partial charge is 0.263 e. The molecule has 9 heteroatoms. The number of hydrogen-bond acceptors (Lipinski definition) is 6. The summed E-state index contributed by atoms with van der Waals surface area (Å²) in [6.45, 7) is 2.00. The van der Waals surface area contributed by atoms with Crippen molar-refractivity contribution in [1.82, 2.24) is 10.2 Å². The lowest BCUT2D eigenvalue weighted by Gasteiger charge is -2.07. The molecule has 0 radical (unpaired) electrons. The number of rotatable bonds is 5. The molecular formula is C16H14BrN3O3S2. The van der Waals surface area contributed by atoms with Crippen LogP contribution in [-0.4, -0.2) is 25.7 Å². The van der Waals surface area contributed by atoms with Gasteiger partial charge in [-0.2, -0.15) is 0 Å². The zero-order chi connectivity index (χ0) is 18.0. The molecule has 0 spiro atoms. The van der Waals surface area contributed by atoms with Gasteiger partial charge in [0, 0.05) is 5.56 Å². The van der Waals surface area contributed by atoms with Crippen molar-refractivity contribution in [3.8, 4) is 16.3 Å². The minimum Gasteiger partial charge on any atom is -0.496 e. The molecule has 0 amide bonds. The van der Waals surface area contributed by atoms with Gasteiger partial charge in [0.25, 0.3) is 10.0 Å². The molecule has 1 aromatic heterocycles. The van der Waals surface area contributed by atoms with Gasteiger partial charge in [-0.15, -0.1) is 10.2 Å². The number of ether oxygens (including phenoxy) is 1. The van der Waals surface area contributed by atoms with Crippen molar-refractivity contribution in [3.63, 3.8) is 0 Å². The lowest BCUT2D eigenvalue weighted by atomic mass is 10.2. The van der Waals surface area contributed by atoms with Gasteiger partial charge in [0.05, 0.1) is 16.5 Å². The third kappa shape index (κ3) is 4.00. The van der Waals surface area contributed by atoms with Crippen LogP contribution in [0.5, 0.6) is 5.75 Å². The summed E-state index contributed by atoms with van der Waals surface area (Å²) in [5.74, 6) is 0.552. The van der Waals surface area contributed by atoms with E-state index >= 15 is 0 Å². The van der Waals surface area contributed by atoms with E-state index in [1.165, 1.54) is 30.6 Å². The molecule has 0 bridgehead atoms. The van der Waals surface area contributed by atoms with E-state index in [1.54, 1.807) is 6.07 Å². The van der Waals surface area contributed by atoms with Crippen LogP contribution < -0.4 is 9.46 Å². The van der Waals surface area contributed by atoms with Crippen LogP contribution in [0.2, 0.25) is 0 Å². The minimum atomic E-state index is -3.76. The predicted octanol–water partition coefficient (Wildman–Crippen LogP) is 4.09. The molecule has 3 rings (SSSR count). The highest BCUT2D eigenvalue weighted by molar-refractivity contribution is 9.10. The van der Waals surface area contributed by atoms with Crippen LogP contribution in [0.3, 0.4) is 0 Å². The summed E-state index contributed by atoms with van der Waals surface area (Å²) in [6, 6.07) is 12.3. The van der Waals surface area contributed by atoms with Gasteiger partial charge in [-0.3, -0.25) is 4.72 Å². The number of methoxy groups -OCH3 is 1. The summed E-state index contributed by atoms with van der Waals surface area (Å²) in [5, 5.41) is 8.83. The number of nitrogens with one attached hydrogen (secondary N) is 1. The molecule has 1 N–H and O–H groups in total. The fourth-order valence-electron chi connectivity index (χ4n) is 2.07. The van der Waals surface area contributed by atoms with E-state index in [1.807, 2.05) is 31.2 Å². The quantitative estimate of drug-likeness (QED) is 0.647. The van der Waals surface area contributed by atoms with Crippen LogP contribution in [0.4, 0.5) is 5.13 Å². The molecule has 2 aromatic carbocycles. The Morgan fingerprint density at radius 2 is 1.84 bits per heavy atom. The maximum Gasteiger partial charge on any atom is 0.263 e. The van der Waals surface area contributed by atoms with E-state index in [9.17, 15) is 8.42 Å². The van der Waals surface area contributed by atoms with Crippen molar-refractivity contribution in [2.24, 2.45) is 0 Å². The molecule has 130 valence electrons. The van der Waals surface area contributed by atoms with E-state index in [-0.39, 0.29) is 10.0 Å². The Hall–Kier alpha value is -1.97. The van der Waals surface area contributed by atoms with Crippen LogP contribution in [0, 0.1) is 6.92 Å². The molecule has 25 heavy (non-hydrogen) atoms. The minimum absolute atomic E-state index is 0.104. The van der Waals surface area contributed by atoms with Gasteiger partial charge in [-0.1, -0.05) is 41.2 Å². The Labute approximate surface area is 158 Å². The summed E-state index contributed by atoms with van der Waals surface area (Å²) in [6.07, 6.45) is 0. The Balaban J connectivity index is 1.84. The van der Waals surface area contributed by atoms with Crippen molar-refractivity contribution in [2.45, 2.75) is 11.8 Å². The number of halogens is 1. The van der Waals surface area contributed by atoms with Gasteiger partial charge in [-0.25, -0.2) is 8.42 Å². The third-order valence-electron chi connectivity index (χ3n) is 3.38. The largest absolute Gasteiger partial charge is 0.496 e. The first kappa shape index (κ1) is 17.8. The number of nitrogens with zero attached hydrogens (tertiary/aromatic N) is 2. The number of sulfonamides is 1. The zero-order valence-electron chi connectivity index (χ0n) is 13.4. The van der Waals surface area contributed by atoms with Crippen molar-refractivity contribution < 1.29 is 13.2 Å². The number of anilines is 1. The second kappa shape index (κ2) is 7.11. The zero-order valence-corrected chi connectivity index (χ0v) is 16.6. The van der Waals surface area contributed by atoms with Crippen LogP contribution in [0.1, 0.15) is 5.56 Å². The molecule has 1 heterocycles. The van der Waals surface area contributed by atoms with E-state index in [2.05, 4.69) is 30.8 Å². The summed E-state index contributed by atoms with van der Waals surface area (Å²) in [4.78, 5) is 0.104. The van der Waals surface area contributed by atoms with Crippen molar-refractivity contribution in [1.29, 1.82) is 0 Å². The topological polar surface area (TPSA) is 81.2 Å². The molecule has 3 aromatic rings. The van der Waals surface area contributed by atoms with E-state index in [0.29, 0.717) is 15.2 Å². The van der Waals surface area contributed by atoms with Gasteiger partial charge in [0.15, 0.2) is 0 Å². The van der Waals surface area contributed by atoms with Gasteiger partial charge in [0.1, 0.15) is 10.8 Å². The summed E-state index contributed by atoms with van der Waals surface area (Å²) < 4.78 is 33.1. The van der Waals surface area contributed by atoms with Gasteiger partial charge in [0.2, 0.25) is 5.13 Å². The van der Waals surface area contributed by atoms with E-state index in [4.69, 9.17) is 4.74 Å². The fourth-order valence-corrected chi connectivity index (χ4v) is 4.76. The first-order valence-corrected chi connectivity index (χ1v) is 10.3. The second-order valence-electron chi connectivity index (χ2n) is 5.18. The van der Waals surface area contributed by atoms with Crippen LogP contribution in [0.25, 0.3) is 10.6 Å². The van der Waals surface area contributed by atoms with Crippen LogP contribution in [0.15, 0.2) is 51.8 Å². The Morgan fingerprint density at radius 1 is 1.12 bits per heavy atom. The average molecular weight is 440 g/mol. The van der Waals surface area contributed by atoms with E-state index < -0.39 is 10.0 Å². The molecule has 0 fully saturated rings. The number of hydrogen-bond donors (Lipinski definition) is 1. The second-order valence-corrected chi connectivity index (χ2v) is 8.69. The highest BCUT2D eigenvalue weighted by Crippen LogP contribution is 2.30.